The first-order valence-electron chi connectivity index (χ1n) is 7.90. The summed E-state index contributed by atoms with van der Waals surface area (Å²) < 4.78 is 0. The zero-order valence-corrected chi connectivity index (χ0v) is 12.2. The second kappa shape index (κ2) is 5.96. The molecule has 2 unspecified atom stereocenters. The van der Waals surface area contributed by atoms with Crippen LogP contribution in [0.4, 0.5) is 0 Å². The summed E-state index contributed by atoms with van der Waals surface area (Å²) in [7, 11) is 0. The lowest BCUT2D eigenvalue weighted by molar-refractivity contribution is -0.130. The minimum Gasteiger partial charge on any atom is -0.326 e. The maximum atomic E-state index is 12.6. The summed E-state index contributed by atoms with van der Waals surface area (Å²) in [5.74, 6) is 0.938. The fourth-order valence-electron chi connectivity index (χ4n) is 3.72. The van der Waals surface area contributed by atoms with Gasteiger partial charge in [-0.25, -0.2) is 0 Å². The number of rotatable bonds is 4. The van der Waals surface area contributed by atoms with E-state index in [1.165, 1.54) is 31.2 Å². The maximum Gasteiger partial charge on any atom is 0.241 e. The highest BCUT2D eigenvalue weighted by Crippen LogP contribution is 2.32. The van der Waals surface area contributed by atoms with Crippen LogP contribution in [0.1, 0.15) is 38.2 Å². The van der Waals surface area contributed by atoms with Gasteiger partial charge in [0.15, 0.2) is 0 Å². The Morgan fingerprint density at radius 3 is 2.55 bits per heavy atom. The predicted octanol–water partition coefficient (Wildman–Crippen LogP) is 2.57. The van der Waals surface area contributed by atoms with Gasteiger partial charge in [-0.05, 0) is 37.7 Å². The van der Waals surface area contributed by atoms with Crippen molar-refractivity contribution in [1.29, 1.82) is 0 Å². The average Bonchev–Trinajstić information content (AvgIpc) is 3.09. The molecule has 1 saturated carbocycles. The molecule has 3 nitrogen and oxygen atoms in total. The van der Waals surface area contributed by atoms with Gasteiger partial charge in [0.05, 0.1) is 12.2 Å². The van der Waals surface area contributed by atoms with Gasteiger partial charge in [-0.1, -0.05) is 43.2 Å². The second-order valence-electron chi connectivity index (χ2n) is 6.02. The first kappa shape index (κ1) is 13.6. The lowest BCUT2D eigenvalue weighted by Crippen LogP contribution is -2.42. The van der Waals surface area contributed by atoms with Crippen LogP contribution in [0, 0.1) is 5.92 Å². The number of amides is 1. The van der Waals surface area contributed by atoms with Crippen LogP contribution in [0.2, 0.25) is 0 Å². The van der Waals surface area contributed by atoms with E-state index in [0.29, 0.717) is 5.92 Å². The summed E-state index contributed by atoms with van der Waals surface area (Å²) in [5, 5.41) is 3.61. The lowest BCUT2D eigenvalue weighted by Gasteiger charge is -2.27. The van der Waals surface area contributed by atoms with Crippen LogP contribution in [0.3, 0.4) is 0 Å². The van der Waals surface area contributed by atoms with E-state index in [2.05, 4.69) is 29.3 Å². The Bertz CT molecular complexity index is 453. The van der Waals surface area contributed by atoms with Crippen molar-refractivity contribution in [3.8, 4) is 0 Å². The van der Waals surface area contributed by atoms with Crippen LogP contribution in [-0.2, 0) is 11.2 Å². The SMILES string of the molecule is CCN1C(=O)C(Cc2ccccc2)NC1C1CCCC1. The quantitative estimate of drug-likeness (QED) is 0.913. The molecule has 1 aliphatic heterocycles. The zero-order chi connectivity index (χ0) is 13.9. The maximum absolute atomic E-state index is 12.6. The summed E-state index contributed by atoms with van der Waals surface area (Å²) in [5.41, 5.74) is 1.24. The molecule has 2 atom stereocenters. The minimum atomic E-state index is -0.0389. The Balaban J connectivity index is 1.71. The fraction of sp³-hybridized carbons (Fsp3) is 0.588. The second-order valence-corrected chi connectivity index (χ2v) is 6.02. The summed E-state index contributed by atoms with van der Waals surface area (Å²) in [6, 6.07) is 10.3. The molecule has 1 aliphatic carbocycles. The van der Waals surface area contributed by atoms with E-state index in [1.54, 1.807) is 0 Å². The number of carbonyl (C=O) groups excluding carboxylic acids is 1. The van der Waals surface area contributed by atoms with Gasteiger partial charge in [-0.15, -0.1) is 0 Å². The van der Waals surface area contributed by atoms with E-state index in [1.807, 2.05) is 18.2 Å². The number of hydrogen-bond acceptors (Lipinski definition) is 2. The normalized spacial score (nSPS) is 27.4. The average molecular weight is 272 g/mol. The molecule has 1 N–H and O–H groups in total. The molecule has 3 rings (SSSR count). The first-order valence-corrected chi connectivity index (χ1v) is 7.90. The van der Waals surface area contributed by atoms with Crippen molar-refractivity contribution in [3.05, 3.63) is 35.9 Å². The molecule has 0 bridgehead atoms. The molecular formula is C17H24N2O. The number of hydrogen-bond donors (Lipinski definition) is 1. The Hall–Kier alpha value is -1.35. The highest BCUT2D eigenvalue weighted by Gasteiger charge is 2.42. The van der Waals surface area contributed by atoms with Crippen molar-refractivity contribution in [1.82, 2.24) is 10.2 Å². The number of carbonyl (C=O) groups is 1. The van der Waals surface area contributed by atoms with Crippen LogP contribution in [-0.4, -0.2) is 29.6 Å². The van der Waals surface area contributed by atoms with E-state index in [4.69, 9.17) is 0 Å². The molecule has 2 fully saturated rings. The van der Waals surface area contributed by atoms with Crippen molar-refractivity contribution >= 4 is 5.91 Å². The third kappa shape index (κ3) is 2.59. The van der Waals surface area contributed by atoms with Crippen molar-refractivity contribution in [2.24, 2.45) is 5.92 Å². The fourth-order valence-corrected chi connectivity index (χ4v) is 3.72. The van der Waals surface area contributed by atoms with Gasteiger partial charge in [0, 0.05) is 6.54 Å². The van der Waals surface area contributed by atoms with Gasteiger partial charge in [-0.2, -0.15) is 0 Å². The van der Waals surface area contributed by atoms with Crippen molar-refractivity contribution < 1.29 is 4.79 Å². The summed E-state index contributed by atoms with van der Waals surface area (Å²) in [6.45, 7) is 2.91. The molecule has 0 radical (unpaired) electrons. The Morgan fingerprint density at radius 1 is 1.20 bits per heavy atom. The van der Waals surface area contributed by atoms with Crippen LogP contribution in [0.25, 0.3) is 0 Å². The van der Waals surface area contributed by atoms with Crippen LogP contribution in [0.5, 0.6) is 0 Å². The van der Waals surface area contributed by atoms with E-state index >= 15 is 0 Å². The highest BCUT2D eigenvalue weighted by atomic mass is 16.2. The third-order valence-electron chi connectivity index (χ3n) is 4.76. The van der Waals surface area contributed by atoms with E-state index in [9.17, 15) is 4.79 Å². The molecule has 1 aromatic rings. The van der Waals surface area contributed by atoms with E-state index in [-0.39, 0.29) is 18.1 Å². The lowest BCUT2D eigenvalue weighted by atomic mass is 10.0. The largest absolute Gasteiger partial charge is 0.326 e. The van der Waals surface area contributed by atoms with Gasteiger partial charge in [-0.3, -0.25) is 10.1 Å². The third-order valence-corrected chi connectivity index (χ3v) is 4.76. The molecule has 1 amide bonds. The molecule has 3 heteroatoms. The van der Waals surface area contributed by atoms with Crippen molar-refractivity contribution in [3.63, 3.8) is 0 Å². The van der Waals surface area contributed by atoms with E-state index in [0.717, 1.165) is 13.0 Å². The summed E-state index contributed by atoms with van der Waals surface area (Å²) >= 11 is 0. The Kier molecular flexibility index (Phi) is 4.06. The van der Waals surface area contributed by atoms with Crippen LogP contribution in [0.15, 0.2) is 30.3 Å². The van der Waals surface area contributed by atoms with Gasteiger partial charge >= 0.3 is 0 Å². The molecule has 1 aromatic carbocycles. The number of nitrogens with one attached hydrogen (secondary N) is 1. The van der Waals surface area contributed by atoms with Crippen molar-refractivity contribution in [2.75, 3.05) is 6.54 Å². The highest BCUT2D eigenvalue weighted by molar-refractivity contribution is 5.84. The van der Waals surface area contributed by atoms with Gasteiger partial charge < -0.3 is 4.90 Å². The van der Waals surface area contributed by atoms with Gasteiger partial charge in [0.2, 0.25) is 5.91 Å². The van der Waals surface area contributed by atoms with E-state index < -0.39 is 0 Å². The minimum absolute atomic E-state index is 0.0389. The molecule has 1 saturated heterocycles. The van der Waals surface area contributed by atoms with Gasteiger partial charge in [0.25, 0.3) is 0 Å². The molecule has 0 aromatic heterocycles. The zero-order valence-electron chi connectivity index (χ0n) is 12.2. The van der Waals surface area contributed by atoms with Crippen LogP contribution >= 0.6 is 0 Å². The summed E-state index contributed by atoms with van der Waals surface area (Å²) in [4.78, 5) is 14.6. The smallest absolute Gasteiger partial charge is 0.241 e. The molecular weight excluding hydrogens is 248 g/mol. The molecule has 20 heavy (non-hydrogen) atoms. The molecule has 2 aliphatic rings. The molecule has 108 valence electrons. The Morgan fingerprint density at radius 2 is 1.90 bits per heavy atom. The van der Waals surface area contributed by atoms with Gasteiger partial charge in [0.1, 0.15) is 0 Å². The van der Waals surface area contributed by atoms with Crippen LogP contribution < -0.4 is 5.32 Å². The number of likely N-dealkylation sites (N-methyl/N-ethyl adjacent to an activating group) is 1. The predicted molar refractivity (Wildman–Crippen MR) is 80.2 cm³/mol. The molecule has 1 heterocycles. The number of nitrogens with zero attached hydrogens (tertiary/aromatic N) is 1. The summed E-state index contributed by atoms with van der Waals surface area (Å²) in [6.07, 6.45) is 6.23. The monoisotopic (exact) mass is 272 g/mol. The standard InChI is InChI=1S/C17H24N2O/c1-2-19-16(14-10-6-7-11-14)18-15(17(19)20)12-13-8-4-3-5-9-13/h3-5,8-9,14-16,18H,2,6-7,10-12H2,1H3. The molecule has 0 spiro atoms. The first-order chi connectivity index (χ1) is 9.79. The topological polar surface area (TPSA) is 32.3 Å². The number of benzene rings is 1. The van der Waals surface area contributed by atoms with Crippen molar-refractivity contribution in [2.45, 2.75) is 51.2 Å². The Labute approximate surface area is 121 Å².